The zero-order valence-corrected chi connectivity index (χ0v) is 17.6. The molecule has 0 spiro atoms. The van der Waals surface area contributed by atoms with Crippen LogP contribution in [0.2, 0.25) is 0 Å². The van der Waals surface area contributed by atoms with Gasteiger partial charge in [0.1, 0.15) is 11.6 Å². The third-order valence-electron chi connectivity index (χ3n) is 6.41. The molecule has 2 heterocycles. The highest BCUT2D eigenvalue weighted by molar-refractivity contribution is 5.92. The van der Waals surface area contributed by atoms with Crippen molar-refractivity contribution in [2.45, 2.75) is 65.3 Å². The van der Waals surface area contributed by atoms with Gasteiger partial charge in [0.2, 0.25) is 5.91 Å². The number of fused-ring (bicyclic) bond motifs is 1. The number of nitrogens with one attached hydrogen (secondary N) is 1. The summed E-state index contributed by atoms with van der Waals surface area (Å²) in [5.74, 6) is 1.62. The van der Waals surface area contributed by atoms with Gasteiger partial charge in [0.05, 0.1) is 11.4 Å². The predicted molar refractivity (Wildman–Crippen MR) is 115 cm³/mol. The number of hydrogen-bond donors (Lipinski definition) is 1. The minimum absolute atomic E-state index is 0.0913. The zero-order chi connectivity index (χ0) is 20.5. The van der Waals surface area contributed by atoms with Gasteiger partial charge < -0.3 is 10.2 Å². The molecular weight excluding hydrogens is 365 g/mol. The van der Waals surface area contributed by atoms with E-state index in [0.29, 0.717) is 24.8 Å². The maximum atomic E-state index is 13.7. The van der Waals surface area contributed by atoms with E-state index in [2.05, 4.69) is 17.1 Å². The smallest absolute Gasteiger partial charge is 0.224 e. The quantitative estimate of drug-likeness (QED) is 0.745. The van der Waals surface area contributed by atoms with E-state index in [4.69, 9.17) is 4.98 Å². The number of carbonyl (C=O) groups excluding carboxylic acids is 1. The van der Waals surface area contributed by atoms with Gasteiger partial charge in [0.15, 0.2) is 0 Å². The highest BCUT2D eigenvalue weighted by Gasteiger charge is 2.25. The molecule has 1 aliphatic heterocycles. The number of hydrogen-bond acceptors (Lipinski definition) is 3. The Kier molecular flexibility index (Phi) is 5.57. The summed E-state index contributed by atoms with van der Waals surface area (Å²) in [5, 5.41) is 3.10. The van der Waals surface area contributed by atoms with Crippen molar-refractivity contribution in [2.75, 3.05) is 16.8 Å². The largest absolute Gasteiger partial charge is 0.352 e. The van der Waals surface area contributed by atoms with Crippen LogP contribution in [-0.4, -0.2) is 17.4 Å². The third kappa shape index (κ3) is 4.29. The zero-order valence-electron chi connectivity index (χ0n) is 17.6. The Morgan fingerprint density at radius 2 is 2.00 bits per heavy atom. The Balaban J connectivity index is 1.51. The summed E-state index contributed by atoms with van der Waals surface area (Å²) in [7, 11) is 0. The maximum Gasteiger partial charge on any atom is 0.224 e. The average molecular weight is 396 g/mol. The van der Waals surface area contributed by atoms with Gasteiger partial charge in [-0.15, -0.1) is 0 Å². The fraction of sp³-hybridized carbons (Fsp3) is 0.500. The first kappa shape index (κ1) is 19.9. The topological polar surface area (TPSA) is 45.2 Å². The van der Waals surface area contributed by atoms with Crippen LogP contribution in [0.25, 0.3) is 0 Å². The van der Waals surface area contributed by atoms with Gasteiger partial charge in [-0.2, -0.15) is 0 Å². The minimum atomic E-state index is -0.196. The van der Waals surface area contributed by atoms with Gasteiger partial charge in [-0.3, -0.25) is 4.79 Å². The number of aryl methyl sites for hydroxylation is 2. The SMILES string of the molecule is Cc1cc(N2Cc3cc(F)ccc3C(C)C2)nc(C)c1NC(=O)CC1CCCC1. The number of halogens is 1. The summed E-state index contributed by atoms with van der Waals surface area (Å²) in [6, 6.07) is 7.12. The van der Waals surface area contributed by atoms with Crippen molar-refractivity contribution in [3.05, 3.63) is 52.5 Å². The molecule has 1 unspecified atom stereocenters. The molecule has 1 saturated carbocycles. The van der Waals surface area contributed by atoms with E-state index in [-0.39, 0.29) is 11.7 Å². The fourth-order valence-electron chi connectivity index (χ4n) is 4.89. The highest BCUT2D eigenvalue weighted by Crippen LogP contribution is 2.33. The van der Waals surface area contributed by atoms with Crippen LogP contribution in [0.5, 0.6) is 0 Å². The molecule has 1 fully saturated rings. The van der Waals surface area contributed by atoms with E-state index in [0.717, 1.165) is 47.7 Å². The summed E-state index contributed by atoms with van der Waals surface area (Å²) in [5.41, 5.74) is 4.91. The van der Waals surface area contributed by atoms with Crippen molar-refractivity contribution in [3.63, 3.8) is 0 Å². The van der Waals surface area contributed by atoms with Crippen molar-refractivity contribution in [1.29, 1.82) is 0 Å². The van der Waals surface area contributed by atoms with Crippen LogP contribution in [0, 0.1) is 25.6 Å². The first-order valence-electron chi connectivity index (χ1n) is 10.7. The molecule has 1 aromatic heterocycles. The van der Waals surface area contributed by atoms with Gasteiger partial charge in [-0.05, 0) is 73.4 Å². The van der Waals surface area contributed by atoms with Gasteiger partial charge in [0, 0.05) is 19.5 Å². The van der Waals surface area contributed by atoms with Crippen LogP contribution in [-0.2, 0) is 11.3 Å². The summed E-state index contributed by atoms with van der Waals surface area (Å²) < 4.78 is 13.7. The van der Waals surface area contributed by atoms with Crippen molar-refractivity contribution in [1.82, 2.24) is 4.98 Å². The van der Waals surface area contributed by atoms with Gasteiger partial charge in [0.25, 0.3) is 0 Å². The van der Waals surface area contributed by atoms with E-state index in [1.54, 1.807) is 12.1 Å². The summed E-state index contributed by atoms with van der Waals surface area (Å²) in [6.07, 6.45) is 5.42. The van der Waals surface area contributed by atoms with Crippen LogP contribution < -0.4 is 10.2 Å². The number of rotatable bonds is 4. The van der Waals surface area contributed by atoms with E-state index in [9.17, 15) is 9.18 Å². The second-order valence-electron chi connectivity index (χ2n) is 8.79. The van der Waals surface area contributed by atoms with Crippen LogP contribution >= 0.6 is 0 Å². The number of anilines is 2. The molecule has 29 heavy (non-hydrogen) atoms. The monoisotopic (exact) mass is 395 g/mol. The van der Waals surface area contributed by atoms with E-state index in [1.165, 1.54) is 18.4 Å². The standard InChI is InChI=1S/C24H30FN3O/c1-15-10-22(28-13-16(2)21-9-8-20(25)12-19(21)14-28)26-17(3)24(15)27-23(29)11-18-6-4-5-7-18/h8-10,12,16,18H,4-7,11,13-14H2,1-3H3,(H,27,29). The Labute approximate surface area is 172 Å². The van der Waals surface area contributed by atoms with E-state index < -0.39 is 0 Å². The van der Waals surface area contributed by atoms with E-state index >= 15 is 0 Å². The van der Waals surface area contributed by atoms with Crippen LogP contribution in [0.1, 0.15) is 67.3 Å². The molecule has 1 atom stereocenters. The van der Waals surface area contributed by atoms with Crippen LogP contribution in [0.3, 0.4) is 0 Å². The van der Waals surface area contributed by atoms with Crippen LogP contribution in [0.15, 0.2) is 24.3 Å². The number of pyridine rings is 1. The number of aromatic nitrogens is 1. The molecule has 5 heteroatoms. The Morgan fingerprint density at radius 3 is 2.72 bits per heavy atom. The molecule has 2 aliphatic rings. The summed E-state index contributed by atoms with van der Waals surface area (Å²) >= 11 is 0. The molecule has 2 aromatic rings. The second kappa shape index (κ2) is 8.13. The normalized spacial score (nSPS) is 19.3. The molecule has 0 bridgehead atoms. The Bertz CT molecular complexity index is 897. The van der Waals surface area contributed by atoms with Crippen molar-refractivity contribution in [2.24, 2.45) is 5.92 Å². The molecule has 0 radical (unpaired) electrons. The third-order valence-corrected chi connectivity index (χ3v) is 6.41. The second-order valence-corrected chi connectivity index (χ2v) is 8.79. The van der Waals surface area contributed by atoms with Crippen LogP contribution in [0.4, 0.5) is 15.9 Å². The minimum Gasteiger partial charge on any atom is -0.352 e. The van der Waals surface area contributed by atoms with Gasteiger partial charge in [-0.25, -0.2) is 9.37 Å². The number of carbonyl (C=O) groups is 1. The Hall–Kier alpha value is -2.43. The lowest BCUT2D eigenvalue weighted by molar-refractivity contribution is -0.117. The predicted octanol–water partition coefficient (Wildman–Crippen LogP) is 5.48. The molecule has 0 saturated heterocycles. The molecule has 154 valence electrons. The lowest BCUT2D eigenvalue weighted by Crippen LogP contribution is -2.33. The van der Waals surface area contributed by atoms with Crippen molar-refractivity contribution >= 4 is 17.4 Å². The molecule has 4 nitrogen and oxygen atoms in total. The molecule has 1 aliphatic carbocycles. The van der Waals surface area contributed by atoms with Crippen molar-refractivity contribution < 1.29 is 9.18 Å². The molecule has 1 aromatic carbocycles. The number of benzene rings is 1. The van der Waals surface area contributed by atoms with E-state index in [1.807, 2.05) is 26.0 Å². The molecular formula is C24H30FN3O. The first-order chi connectivity index (χ1) is 13.9. The number of nitrogens with zero attached hydrogens (tertiary/aromatic N) is 2. The fourth-order valence-corrected chi connectivity index (χ4v) is 4.89. The number of amides is 1. The maximum absolute atomic E-state index is 13.7. The molecule has 4 rings (SSSR count). The molecule has 1 N–H and O–H groups in total. The molecule has 1 amide bonds. The summed E-state index contributed by atoms with van der Waals surface area (Å²) in [6.45, 7) is 7.63. The van der Waals surface area contributed by atoms with Gasteiger partial charge >= 0.3 is 0 Å². The lowest BCUT2D eigenvalue weighted by atomic mass is 9.91. The first-order valence-corrected chi connectivity index (χ1v) is 10.7. The lowest BCUT2D eigenvalue weighted by Gasteiger charge is -2.34. The van der Waals surface area contributed by atoms with Gasteiger partial charge in [-0.1, -0.05) is 25.8 Å². The summed E-state index contributed by atoms with van der Waals surface area (Å²) in [4.78, 5) is 19.5. The highest BCUT2D eigenvalue weighted by atomic mass is 19.1. The Morgan fingerprint density at radius 1 is 1.24 bits per heavy atom. The van der Waals surface area contributed by atoms with Crippen molar-refractivity contribution in [3.8, 4) is 0 Å². The average Bonchev–Trinajstić information content (AvgIpc) is 3.17.